The molecule has 3 rings (SSSR count). The van der Waals surface area contributed by atoms with Crippen LogP contribution >= 0.6 is 0 Å². The van der Waals surface area contributed by atoms with E-state index in [9.17, 15) is 4.79 Å². The number of carbonyl (C=O) groups is 1. The van der Waals surface area contributed by atoms with Crippen molar-refractivity contribution in [1.29, 1.82) is 0 Å². The highest BCUT2D eigenvalue weighted by atomic mass is 16.1. The van der Waals surface area contributed by atoms with E-state index in [1.54, 1.807) is 0 Å². The minimum Gasteiger partial charge on any atom is -0.357 e. The van der Waals surface area contributed by atoms with Gasteiger partial charge in [0.1, 0.15) is 0 Å². The third-order valence-corrected chi connectivity index (χ3v) is 3.97. The number of amides is 1. The predicted molar refractivity (Wildman–Crippen MR) is 61.6 cm³/mol. The van der Waals surface area contributed by atoms with Crippen molar-refractivity contribution < 1.29 is 4.79 Å². The lowest BCUT2D eigenvalue weighted by Crippen LogP contribution is -2.29. The molecule has 1 amide bonds. The third kappa shape index (κ3) is 1.86. The van der Waals surface area contributed by atoms with Gasteiger partial charge < -0.3 is 9.88 Å². The van der Waals surface area contributed by atoms with E-state index in [2.05, 4.69) is 5.32 Å². The second kappa shape index (κ2) is 3.65. The normalized spacial score (nSPS) is 31.2. The molecule has 2 saturated carbocycles. The van der Waals surface area contributed by atoms with Gasteiger partial charge in [0.05, 0.1) is 0 Å². The molecule has 2 aliphatic carbocycles. The van der Waals surface area contributed by atoms with Crippen LogP contribution in [-0.2, 0) is 18.4 Å². The van der Waals surface area contributed by atoms with Crippen molar-refractivity contribution in [2.24, 2.45) is 24.8 Å². The van der Waals surface area contributed by atoms with Crippen LogP contribution in [-0.4, -0.2) is 10.5 Å². The van der Waals surface area contributed by atoms with E-state index in [0.29, 0.717) is 12.5 Å². The largest absolute Gasteiger partial charge is 0.357 e. The van der Waals surface area contributed by atoms with Crippen LogP contribution in [0.15, 0.2) is 18.5 Å². The number of rotatable bonds is 3. The summed E-state index contributed by atoms with van der Waals surface area (Å²) in [6.07, 6.45) is 7.69. The molecule has 1 N–H and O–H groups in total. The zero-order valence-electron chi connectivity index (χ0n) is 9.65. The SMILES string of the molecule is Cn1ccc(CNC(=O)C2CC3CC3C2)c1. The fourth-order valence-electron chi connectivity index (χ4n) is 2.93. The molecule has 86 valence electrons. The first-order valence-corrected chi connectivity index (χ1v) is 6.11. The summed E-state index contributed by atoms with van der Waals surface area (Å²) in [5.41, 5.74) is 1.18. The van der Waals surface area contributed by atoms with Crippen LogP contribution in [0.2, 0.25) is 0 Å². The number of hydrogen-bond acceptors (Lipinski definition) is 1. The van der Waals surface area contributed by atoms with Gasteiger partial charge in [-0.3, -0.25) is 4.79 Å². The number of nitrogens with zero attached hydrogens (tertiary/aromatic N) is 1. The van der Waals surface area contributed by atoms with Crippen LogP contribution in [0, 0.1) is 17.8 Å². The maximum atomic E-state index is 11.9. The number of aryl methyl sites for hydroxylation is 1. The first-order valence-electron chi connectivity index (χ1n) is 6.11. The molecule has 0 bridgehead atoms. The van der Waals surface area contributed by atoms with Crippen molar-refractivity contribution >= 4 is 5.91 Å². The van der Waals surface area contributed by atoms with Crippen molar-refractivity contribution in [3.05, 3.63) is 24.0 Å². The molecule has 2 aliphatic rings. The molecule has 1 aromatic rings. The van der Waals surface area contributed by atoms with E-state index in [0.717, 1.165) is 24.7 Å². The maximum absolute atomic E-state index is 11.9. The second-order valence-corrected chi connectivity index (χ2v) is 5.33. The van der Waals surface area contributed by atoms with E-state index in [4.69, 9.17) is 0 Å². The number of aromatic nitrogens is 1. The van der Waals surface area contributed by atoms with Crippen molar-refractivity contribution in [2.75, 3.05) is 0 Å². The lowest BCUT2D eigenvalue weighted by atomic mass is 10.0. The summed E-state index contributed by atoms with van der Waals surface area (Å²) in [5.74, 6) is 2.32. The Hall–Kier alpha value is -1.25. The summed E-state index contributed by atoms with van der Waals surface area (Å²) in [7, 11) is 2.00. The number of fused-ring (bicyclic) bond motifs is 1. The fourth-order valence-corrected chi connectivity index (χ4v) is 2.93. The molecule has 16 heavy (non-hydrogen) atoms. The zero-order chi connectivity index (χ0) is 11.1. The van der Waals surface area contributed by atoms with Gasteiger partial charge in [0.15, 0.2) is 0 Å². The quantitative estimate of drug-likeness (QED) is 0.823. The van der Waals surface area contributed by atoms with E-state index in [-0.39, 0.29) is 5.91 Å². The Morgan fingerprint density at radius 2 is 2.19 bits per heavy atom. The molecule has 2 atom stereocenters. The van der Waals surface area contributed by atoms with Crippen molar-refractivity contribution in [2.45, 2.75) is 25.8 Å². The van der Waals surface area contributed by atoms with Gasteiger partial charge in [-0.1, -0.05) is 0 Å². The zero-order valence-corrected chi connectivity index (χ0v) is 9.65. The summed E-state index contributed by atoms with van der Waals surface area (Å²) in [6, 6.07) is 2.05. The standard InChI is InChI=1S/C13H18N2O/c1-15-3-2-9(8-15)7-14-13(16)12-5-10-4-11(10)6-12/h2-3,8,10-12H,4-7H2,1H3,(H,14,16). The summed E-state index contributed by atoms with van der Waals surface area (Å²) in [6.45, 7) is 0.672. The average molecular weight is 218 g/mol. The van der Waals surface area contributed by atoms with Crippen LogP contribution in [0.5, 0.6) is 0 Å². The maximum Gasteiger partial charge on any atom is 0.223 e. The molecular weight excluding hydrogens is 200 g/mol. The van der Waals surface area contributed by atoms with Crippen LogP contribution in [0.1, 0.15) is 24.8 Å². The molecule has 0 radical (unpaired) electrons. The Morgan fingerprint density at radius 3 is 2.81 bits per heavy atom. The van der Waals surface area contributed by atoms with E-state index in [1.165, 1.54) is 12.0 Å². The van der Waals surface area contributed by atoms with Crippen molar-refractivity contribution in [3.8, 4) is 0 Å². The van der Waals surface area contributed by atoms with E-state index >= 15 is 0 Å². The van der Waals surface area contributed by atoms with Crippen LogP contribution in [0.3, 0.4) is 0 Å². The van der Waals surface area contributed by atoms with Gasteiger partial charge in [0, 0.05) is 31.9 Å². The smallest absolute Gasteiger partial charge is 0.223 e. The predicted octanol–water partition coefficient (Wildman–Crippen LogP) is 1.69. The van der Waals surface area contributed by atoms with Crippen LogP contribution in [0.25, 0.3) is 0 Å². The molecule has 3 heteroatoms. The molecule has 0 aromatic carbocycles. The highest BCUT2D eigenvalue weighted by molar-refractivity contribution is 5.79. The molecule has 3 nitrogen and oxygen atoms in total. The average Bonchev–Trinajstić information content (AvgIpc) is 2.71. The molecule has 2 unspecified atom stereocenters. The number of nitrogens with one attached hydrogen (secondary N) is 1. The minimum atomic E-state index is 0.260. The van der Waals surface area contributed by atoms with Gasteiger partial charge in [0.2, 0.25) is 5.91 Å². The number of carbonyl (C=O) groups excluding carboxylic acids is 1. The Labute approximate surface area is 95.8 Å². The Kier molecular flexibility index (Phi) is 2.27. The van der Waals surface area contributed by atoms with Crippen LogP contribution in [0.4, 0.5) is 0 Å². The lowest BCUT2D eigenvalue weighted by Gasteiger charge is -2.11. The van der Waals surface area contributed by atoms with Gasteiger partial charge in [-0.05, 0) is 42.7 Å². The third-order valence-electron chi connectivity index (χ3n) is 3.97. The van der Waals surface area contributed by atoms with E-state index < -0.39 is 0 Å². The molecule has 1 aromatic heterocycles. The Morgan fingerprint density at radius 1 is 1.44 bits per heavy atom. The fraction of sp³-hybridized carbons (Fsp3) is 0.615. The molecular formula is C13H18N2O. The van der Waals surface area contributed by atoms with Gasteiger partial charge in [-0.25, -0.2) is 0 Å². The van der Waals surface area contributed by atoms with E-state index in [1.807, 2.05) is 30.1 Å². The van der Waals surface area contributed by atoms with Crippen molar-refractivity contribution in [1.82, 2.24) is 9.88 Å². The van der Waals surface area contributed by atoms with Gasteiger partial charge in [0.25, 0.3) is 0 Å². The first kappa shape index (κ1) is 9.94. The summed E-state index contributed by atoms with van der Waals surface area (Å²) < 4.78 is 2.01. The van der Waals surface area contributed by atoms with Crippen molar-refractivity contribution in [3.63, 3.8) is 0 Å². The molecule has 0 saturated heterocycles. The second-order valence-electron chi connectivity index (χ2n) is 5.33. The highest BCUT2D eigenvalue weighted by Crippen LogP contribution is 2.54. The number of hydrogen-bond donors (Lipinski definition) is 1. The minimum absolute atomic E-state index is 0.260. The lowest BCUT2D eigenvalue weighted by molar-refractivity contribution is -0.125. The molecule has 0 aliphatic heterocycles. The molecule has 2 fully saturated rings. The monoisotopic (exact) mass is 218 g/mol. The van der Waals surface area contributed by atoms with Gasteiger partial charge in [-0.15, -0.1) is 0 Å². The topological polar surface area (TPSA) is 34.0 Å². The summed E-state index contributed by atoms with van der Waals surface area (Å²) in [5, 5.41) is 3.04. The molecule has 1 heterocycles. The van der Waals surface area contributed by atoms with Crippen LogP contribution < -0.4 is 5.32 Å². The summed E-state index contributed by atoms with van der Waals surface area (Å²) >= 11 is 0. The first-order chi connectivity index (χ1) is 7.72. The Bertz CT molecular complexity index is 400. The van der Waals surface area contributed by atoms with Gasteiger partial charge >= 0.3 is 0 Å². The molecule has 0 spiro atoms. The Balaban J connectivity index is 1.49. The highest BCUT2D eigenvalue weighted by Gasteiger charge is 2.47. The van der Waals surface area contributed by atoms with Gasteiger partial charge in [-0.2, -0.15) is 0 Å². The summed E-state index contributed by atoms with van der Waals surface area (Å²) in [4.78, 5) is 11.9.